The Morgan fingerprint density at radius 1 is 0.840 bits per heavy atom. The summed E-state index contributed by atoms with van der Waals surface area (Å²) in [6, 6.07) is 6.55. The highest BCUT2D eigenvalue weighted by atomic mass is 28.3. The molecule has 0 saturated carbocycles. The molecule has 25 heavy (non-hydrogen) atoms. The first kappa shape index (κ1) is 22.2. The number of alkyl halides is 3. The highest BCUT2D eigenvalue weighted by Gasteiger charge is 2.29. The van der Waals surface area contributed by atoms with Crippen molar-refractivity contribution in [2.45, 2.75) is 71.0 Å². The summed E-state index contributed by atoms with van der Waals surface area (Å²) in [6.45, 7) is 5.78. The second-order valence-corrected chi connectivity index (χ2v) is 8.42. The van der Waals surface area contributed by atoms with E-state index in [9.17, 15) is 13.2 Å². The molecule has 0 spiro atoms. The first-order valence-electron chi connectivity index (χ1n) is 9.36. The number of hydrogen-bond acceptors (Lipinski definition) is 2. The number of hydrogen-bond donors (Lipinski definition) is 0. The van der Waals surface area contributed by atoms with Gasteiger partial charge in [0.2, 0.25) is 0 Å². The molecule has 0 atom stereocenters. The molecule has 1 aromatic rings. The Labute approximate surface area is 151 Å². The summed E-state index contributed by atoms with van der Waals surface area (Å²) >= 11 is 0. The van der Waals surface area contributed by atoms with Crippen LogP contribution in [0.25, 0.3) is 0 Å². The van der Waals surface area contributed by atoms with Crippen LogP contribution in [0.1, 0.15) is 63.5 Å². The lowest BCUT2D eigenvalue weighted by atomic mass is 10.0. The van der Waals surface area contributed by atoms with E-state index in [2.05, 4.69) is 13.8 Å². The highest BCUT2D eigenvalue weighted by Crippen LogP contribution is 2.29. The molecule has 0 aliphatic rings. The van der Waals surface area contributed by atoms with Crippen LogP contribution in [-0.4, -0.2) is 22.5 Å². The summed E-state index contributed by atoms with van der Waals surface area (Å²) in [5, 5.41) is 0. The molecule has 0 bridgehead atoms. The second kappa shape index (κ2) is 12.5. The molecule has 1 aromatic carbocycles. The Hall–Kier alpha value is -0.853. The van der Waals surface area contributed by atoms with Crippen molar-refractivity contribution in [2.24, 2.45) is 0 Å². The largest absolute Gasteiger partial charge is 0.416 e. The Kier molecular flexibility index (Phi) is 11.1. The second-order valence-electron chi connectivity index (χ2n) is 6.32. The van der Waals surface area contributed by atoms with E-state index in [0.29, 0.717) is 0 Å². The van der Waals surface area contributed by atoms with Crippen molar-refractivity contribution < 1.29 is 22.0 Å². The molecule has 0 fully saturated rings. The van der Waals surface area contributed by atoms with Gasteiger partial charge in [0.05, 0.1) is 5.56 Å². The predicted octanol–water partition coefficient (Wildman–Crippen LogP) is 5.88. The predicted molar refractivity (Wildman–Crippen MR) is 98.1 cm³/mol. The lowest BCUT2D eigenvalue weighted by Crippen LogP contribution is -2.23. The van der Waals surface area contributed by atoms with Crippen molar-refractivity contribution in [1.82, 2.24) is 0 Å². The van der Waals surface area contributed by atoms with E-state index in [4.69, 9.17) is 8.85 Å². The third kappa shape index (κ3) is 10.0. The summed E-state index contributed by atoms with van der Waals surface area (Å²) in [5.41, 5.74) is 0.393. The third-order valence-corrected chi connectivity index (χ3v) is 6.05. The molecule has 144 valence electrons. The van der Waals surface area contributed by atoms with Crippen molar-refractivity contribution in [3.8, 4) is 0 Å². The molecule has 1 rings (SSSR count). The van der Waals surface area contributed by atoms with E-state index in [1.807, 2.05) is 0 Å². The van der Waals surface area contributed by atoms with Crippen molar-refractivity contribution in [2.75, 3.05) is 13.2 Å². The van der Waals surface area contributed by atoms with Gasteiger partial charge in [0, 0.05) is 13.2 Å². The van der Waals surface area contributed by atoms with Gasteiger partial charge in [-0.3, -0.25) is 0 Å². The minimum atomic E-state index is -4.25. The van der Waals surface area contributed by atoms with Crippen molar-refractivity contribution in [3.63, 3.8) is 0 Å². The fourth-order valence-corrected chi connectivity index (χ4v) is 4.62. The summed E-state index contributed by atoms with van der Waals surface area (Å²) in [6.07, 6.45) is 2.94. The molecule has 0 aliphatic carbocycles. The van der Waals surface area contributed by atoms with Gasteiger partial charge in [-0.05, 0) is 49.4 Å². The van der Waals surface area contributed by atoms with E-state index < -0.39 is 21.0 Å². The van der Waals surface area contributed by atoms with E-state index in [0.717, 1.165) is 69.8 Å². The van der Waals surface area contributed by atoms with Crippen molar-refractivity contribution >= 4 is 9.28 Å². The topological polar surface area (TPSA) is 18.5 Å². The minimum Gasteiger partial charge on any atom is -0.397 e. The normalized spacial score (nSPS) is 12.1. The van der Waals surface area contributed by atoms with Gasteiger partial charge in [0.1, 0.15) is 0 Å². The van der Waals surface area contributed by atoms with Crippen LogP contribution in [0.15, 0.2) is 24.3 Å². The van der Waals surface area contributed by atoms with E-state index >= 15 is 0 Å². The first-order chi connectivity index (χ1) is 12.0. The van der Waals surface area contributed by atoms with Crippen LogP contribution in [0, 0.1) is 0 Å². The molecule has 0 amide bonds. The van der Waals surface area contributed by atoms with Gasteiger partial charge in [-0.15, -0.1) is 0 Å². The Morgan fingerprint density at radius 2 is 1.40 bits per heavy atom. The fourth-order valence-electron chi connectivity index (χ4n) is 2.57. The Morgan fingerprint density at radius 3 is 1.92 bits per heavy atom. The van der Waals surface area contributed by atoms with Gasteiger partial charge in [-0.25, -0.2) is 0 Å². The lowest BCUT2D eigenvalue weighted by Gasteiger charge is -2.16. The molecule has 0 unspecified atom stereocenters. The highest BCUT2D eigenvalue weighted by molar-refractivity contribution is 6.44. The fraction of sp³-hybridized carbons (Fsp3) is 0.684. The Bertz CT molecular complexity index is 441. The average molecular weight is 377 g/mol. The summed E-state index contributed by atoms with van der Waals surface area (Å²) < 4.78 is 49.2. The molecule has 0 saturated heterocycles. The lowest BCUT2D eigenvalue weighted by molar-refractivity contribution is -0.137. The number of halogens is 3. The molecule has 0 N–H and O–H groups in total. The number of unbranched alkanes of at least 4 members (excludes halogenated alkanes) is 3. The van der Waals surface area contributed by atoms with Crippen molar-refractivity contribution in [3.05, 3.63) is 35.4 Å². The van der Waals surface area contributed by atoms with Crippen LogP contribution >= 0.6 is 0 Å². The maximum absolute atomic E-state index is 12.5. The SMILES string of the molecule is CCCO[SiH](CCCCCCc1ccc(C(F)(F)F)cc1)OCCC. The van der Waals surface area contributed by atoms with Gasteiger partial charge in [0.15, 0.2) is 0 Å². The van der Waals surface area contributed by atoms with Gasteiger partial charge in [0.25, 0.3) is 0 Å². The first-order valence-corrected chi connectivity index (χ1v) is 11.1. The maximum Gasteiger partial charge on any atom is 0.416 e. The molecule has 0 aromatic heterocycles. The van der Waals surface area contributed by atoms with Crippen LogP contribution in [0.3, 0.4) is 0 Å². The van der Waals surface area contributed by atoms with Crippen LogP contribution < -0.4 is 0 Å². The number of aryl methyl sites for hydroxylation is 1. The van der Waals surface area contributed by atoms with Crippen LogP contribution in [0.5, 0.6) is 0 Å². The van der Waals surface area contributed by atoms with Gasteiger partial charge in [-0.2, -0.15) is 13.2 Å². The summed E-state index contributed by atoms with van der Waals surface area (Å²) in [4.78, 5) is 0. The van der Waals surface area contributed by atoms with Gasteiger partial charge >= 0.3 is 15.5 Å². The molecular weight excluding hydrogens is 345 g/mol. The summed E-state index contributed by atoms with van der Waals surface area (Å²) in [7, 11) is -1.51. The molecule has 0 aliphatic heterocycles. The van der Waals surface area contributed by atoms with E-state index in [-0.39, 0.29) is 0 Å². The Balaban J connectivity index is 2.18. The van der Waals surface area contributed by atoms with Crippen LogP contribution in [-0.2, 0) is 21.4 Å². The van der Waals surface area contributed by atoms with Gasteiger partial charge in [-0.1, -0.05) is 45.2 Å². The monoisotopic (exact) mass is 376 g/mol. The number of rotatable bonds is 13. The van der Waals surface area contributed by atoms with Gasteiger partial charge < -0.3 is 8.85 Å². The van der Waals surface area contributed by atoms with Crippen LogP contribution in [0.4, 0.5) is 13.2 Å². The zero-order chi connectivity index (χ0) is 18.5. The smallest absolute Gasteiger partial charge is 0.397 e. The zero-order valence-electron chi connectivity index (χ0n) is 15.4. The molecule has 6 heteroatoms. The van der Waals surface area contributed by atoms with Crippen LogP contribution in [0.2, 0.25) is 6.04 Å². The maximum atomic E-state index is 12.5. The quantitative estimate of drug-likeness (QED) is 0.316. The third-order valence-electron chi connectivity index (χ3n) is 3.95. The summed E-state index contributed by atoms with van der Waals surface area (Å²) in [5.74, 6) is 0. The van der Waals surface area contributed by atoms with Crippen molar-refractivity contribution in [1.29, 1.82) is 0 Å². The molecular formula is C19H31F3O2Si. The molecule has 0 radical (unpaired) electrons. The van der Waals surface area contributed by atoms with E-state index in [1.54, 1.807) is 12.1 Å². The minimum absolute atomic E-state index is 0.577. The number of benzene rings is 1. The average Bonchev–Trinajstić information content (AvgIpc) is 2.59. The zero-order valence-corrected chi connectivity index (χ0v) is 16.6. The molecule has 2 nitrogen and oxygen atoms in total. The standard InChI is InChI=1S/C19H31F3O2Si/c1-3-14-23-25(24-15-4-2)16-8-6-5-7-9-17-10-12-18(13-11-17)19(20,21)22/h10-13,25H,3-9,14-16H2,1-2H3. The molecule has 0 heterocycles. The van der Waals surface area contributed by atoms with E-state index in [1.165, 1.54) is 12.1 Å².